The van der Waals surface area contributed by atoms with Gasteiger partial charge in [0.15, 0.2) is 6.29 Å². The first-order valence-corrected chi connectivity index (χ1v) is 5.82. The van der Waals surface area contributed by atoms with Crippen LogP contribution < -0.4 is 0 Å². The molecule has 1 rings (SSSR count). The zero-order valence-electron chi connectivity index (χ0n) is 9.99. The van der Waals surface area contributed by atoms with Gasteiger partial charge in [0.25, 0.3) is 0 Å². The normalized spacial score (nSPS) is 10.9. The van der Waals surface area contributed by atoms with Gasteiger partial charge in [0.1, 0.15) is 0 Å². The van der Waals surface area contributed by atoms with Gasteiger partial charge in [0.2, 0.25) is 0 Å². The molecule has 84 valence electrons. The van der Waals surface area contributed by atoms with E-state index in [0.717, 1.165) is 24.9 Å². The minimum absolute atomic E-state index is 0.580. The Kier molecular flexibility index (Phi) is 4.60. The van der Waals surface area contributed by atoms with Crippen LogP contribution in [0.1, 0.15) is 49.8 Å². The summed E-state index contributed by atoms with van der Waals surface area (Å²) >= 11 is 0. The van der Waals surface area contributed by atoms with Gasteiger partial charge < -0.3 is 4.57 Å². The Morgan fingerprint density at radius 2 is 2.13 bits per heavy atom. The Labute approximate surface area is 92.3 Å². The summed E-state index contributed by atoms with van der Waals surface area (Å²) in [6.45, 7) is 7.49. The van der Waals surface area contributed by atoms with E-state index < -0.39 is 0 Å². The smallest absolute Gasteiger partial charge is 0.166 e. The summed E-state index contributed by atoms with van der Waals surface area (Å²) in [6, 6.07) is 4.02. The van der Waals surface area contributed by atoms with Crippen LogP contribution in [0.15, 0.2) is 12.1 Å². The molecule has 0 aliphatic heterocycles. The summed E-state index contributed by atoms with van der Waals surface area (Å²) < 4.78 is 2.16. The lowest BCUT2D eigenvalue weighted by Gasteiger charge is -2.13. The SMILES string of the molecule is CCCCc1ccc(C=O)n1CC(C)C. The predicted octanol–water partition coefficient (Wildman–Crippen LogP) is 3.30. The number of aromatic nitrogens is 1. The molecule has 0 unspecified atom stereocenters. The number of aldehydes is 1. The van der Waals surface area contributed by atoms with E-state index in [4.69, 9.17) is 0 Å². The number of carbonyl (C=O) groups excluding carboxylic acids is 1. The molecule has 2 heteroatoms. The third-order valence-electron chi connectivity index (χ3n) is 2.56. The van der Waals surface area contributed by atoms with E-state index in [-0.39, 0.29) is 0 Å². The first-order chi connectivity index (χ1) is 7.19. The zero-order chi connectivity index (χ0) is 11.3. The molecule has 0 N–H and O–H groups in total. The van der Waals surface area contributed by atoms with Gasteiger partial charge in [-0.3, -0.25) is 4.79 Å². The standard InChI is InChI=1S/C13H21NO/c1-4-5-6-12-7-8-13(10-15)14(12)9-11(2)3/h7-8,10-11H,4-6,9H2,1-3H3. The molecule has 0 bridgehead atoms. The molecule has 0 aliphatic rings. The van der Waals surface area contributed by atoms with Crippen LogP contribution in [-0.2, 0) is 13.0 Å². The number of hydrogen-bond donors (Lipinski definition) is 0. The van der Waals surface area contributed by atoms with Gasteiger partial charge in [0, 0.05) is 12.2 Å². The molecular formula is C13H21NO. The van der Waals surface area contributed by atoms with Gasteiger partial charge in [-0.15, -0.1) is 0 Å². The minimum Gasteiger partial charge on any atom is -0.342 e. The third kappa shape index (κ3) is 3.22. The van der Waals surface area contributed by atoms with Gasteiger partial charge in [0.05, 0.1) is 5.69 Å². The molecule has 0 fully saturated rings. The van der Waals surface area contributed by atoms with Crippen LogP contribution >= 0.6 is 0 Å². The van der Waals surface area contributed by atoms with Crippen molar-refractivity contribution in [3.05, 3.63) is 23.5 Å². The molecule has 2 nitrogen and oxygen atoms in total. The third-order valence-corrected chi connectivity index (χ3v) is 2.56. The van der Waals surface area contributed by atoms with Crippen molar-refractivity contribution in [2.75, 3.05) is 0 Å². The summed E-state index contributed by atoms with van der Waals surface area (Å²) in [4.78, 5) is 10.9. The highest BCUT2D eigenvalue weighted by atomic mass is 16.1. The Hall–Kier alpha value is -1.05. The fourth-order valence-corrected chi connectivity index (χ4v) is 1.79. The molecule has 0 aliphatic carbocycles. The molecule has 1 aromatic rings. The number of unbranched alkanes of at least 4 members (excludes halogenated alkanes) is 1. The summed E-state index contributed by atoms with van der Waals surface area (Å²) in [5, 5.41) is 0. The second kappa shape index (κ2) is 5.74. The number of rotatable bonds is 6. The van der Waals surface area contributed by atoms with E-state index >= 15 is 0 Å². The molecule has 1 aromatic heterocycles. The van der Waals surface area contributed by atoms with Crippen LogP contribution in [0, 0.1) is 5.92 Å². The van der Waals surface area contributed by atoms with E-state index in [1.807, 2.05) is 6.07 Å². The molecule has 15 heavy (non-hydrogen) atoms. The average Bonchev–Trinajstić information content (AvgIpc) is 2.57. The Morgan fingerprint density at radius 1 is 1.40 bits per heavy atom. The van der Waals surface area contributed by atoms with Crippen LogP contribution in [0.2, 0.25) is 0 Å². The first-order valence-electron chi connectivity index (χ1n) is 5.82. The van der Waals surface area contributed by atoms with E-state index in [9.17, 15) is 4.79 Å². The quantitative estimate of drug-likeness (QED) is 0.656. The van der Waals surface area contributed by atoms with E-state index in [2.05, 4.69) is 31.4 Å². The second-order valence-corrected chi connectivity index (χ2v) is 4.48. The lowest BCUT2D eigenvalue weighted by Crippen LogP contribution is -2.11. The van der Waals surface area contributed by atoms with Crippen molar-refractivity contribution in [1.82, 2.24) is 4.57 Å². The zero-order valence-corrected chi connectivity index (χ0v) is 9.99. The highest BCUT2D eigenvalue weighted by Gasteiger charge is 2.08. The Balaban J connectivity index is 2.84. The largest absolute Gasteiger partial charge is 0.342 e. The Morgan fingerprint density at radius 3 is 2.67 bits per heavy atom. The summed E-state index contributed by atoms with van der Waals surface area (Å²) in [7, 11) is 0. The van der Waals surface area contributed by atoms with Crippen molar-refractivity contribution in [2.24, 2.45) is 5.92 Å². The van der Waals surface area contributed by atoms with Gasteiger partial charge in [-0.25, -0.2) is 0 Å². The maximum atomic E-state index is 10.9. The van der Waals surface area contributed by atoms with Gasteiger partial charge in [-0.2, -0.15) is 0 Å². The molecule has 0 saturated carbocycles. The fourth-order valence-electron chi connectivity index (χ4n) is 1.79. The summed E-state index contributed by atoms with van der Waals surface area (Å²) in [5.74, 6) is 0.580. The van der Waals surface area contributed by atoms with Crippen molar-refractivity contribution < 1.29 is 4.79 Å². The van der Waals surface area contributed by atoms with Crippen LogP contribution in [0.4, 0.5) is 0 Å². The van der Waals surface area contributed by atoms with Crippen molar-refractivity contribution in [3.8, 4) is 0 Å². The van der Waals surface area contributed by atoms with Gasteiger partial charge >= 0.3 is 0 Å². The first kappa shape index (κ1) is 12.0. The molecule has 0 amide bonds. The average molecular weight is 207 g/mol. The molecule has 0 spiro atoms. The fraction of sp³-hybridized carbons (Fsp3) is 0.615. The monoisotopic (exact) mass is 207 g/mol. The number of nitrogens with zero attached hydrogens (tertiary/aromatic N) is 1. The molecule has 0 atom stereocenters. The van der Waals surface area contributed by atoms with E-state index in [0.29, 0.717) is 5.92 Å². The lowest BCUT2D eigenvalue weighted by atomic mass is 10.2. The highest BCUT2D eigenvalue weighted by molar-refractivity contribution is 5.72. The highest BCUT2D eigenvalue weighted by Crippen LogP contribution is 2.13. The van der Waals surface area contributed by atoms with Crippen molar-refractivity contribution in [1.29, 1.82) is 0 Å². The van der Waals surface area contributed by atoms with Crippen LogP contribution in [0.5, 0.6) is 0 Å². The van der Waals surface area contributed by atoms with Gasteiger partial charge in [-0.1, -0.05) is 27.2 Å². The number of aryl methyl sites for hydroxylation is 1. The van der Waals surface area contributed by atoms with Crippen molar-refractivity contribution in [3.63, 3.8) is 0 Å². The predicted molar refractivity (Wildman–Crippen MR) is 63.3 cm³/mol. The summed E-state index contributed by atoms with van der Waals surface area (Å²) in [5.41, 5.74) is 2.11. The maximum Gasteiger partial charge on any atom is 0.166 e. The van der Waals surface area contributed by atoms with Crippen LogP contribution in [-0.4, -0.2) is 10.9 Å². The van der Waals surface area contributed by atoms with Crippen LogP contribution in [0.25, 0.3) is 0 Å². The number of carbonyl (C=O) groups is 1. The topological polar surface area (TPSA) is 22.0 Å². The van der Waals surface area contributed by atoms with Crippen LogP contribution in [0.3, 0.4) is 0 Å². The maximum absolute atomic E-state index is 10.9. The molecule has 0 radical (unpaired) electrons. The molecule has 0 aromatic carbocycles. The second-order valence-electron chi connectivity index (χ2n) is 4.48. The van der Waals surface area contributed by atoms with Gasteiger partial charge in [-0.05, 0) is 30.9 Å². The van der Waals surface area contributed by atoms with Crippen molar-refractivity contribution >= 4 is 6.29 Å². The molecule has 0 saturated heterocycles. The molecular weight excluding hydrogens is 186 g/mol. The summed E-state index contributed by atoms with van der Waals surface area (Å²) in [6.07, 6.45) is 4.43. The van der Waals surface area contributed by atoms with E-state index in [1.165, 1.54) is 18.5 Å². The van der Waals surface area contributed by atoms with Crippen molar-refractivity contribution in [2.45, 2.75) is 46.6 Å². The van der Waals surface area contributed by atoms with E-state index in [1.54, 1.807) is 0 Å². The number of hydrogen-bond acceptors (Lipinski definition) is 1. The molecule has 1 heterocycles. The minimum atomic E-state index is 0.580. The lowest BCUT2D eigenvalue weighted by molar-refractivity contribution is 0.111. The Bertz CT molecular complexity index is 312.